The molecule has 4 aromatic rings. The summed E-state index contributed by atoms with van der Waals surface area (Å²) in [5, 5.41) is 8.87. The maximum absolute atomic E-state index is 6.09. The third kappa shape index (κ3) is 3.66. The summed E-state index contributed by atoms with van der Waals surface area (Å²) in [5.41, 5.74) is 4.90. The van der Waals surface area contributed by atoms with Crippen LogP contribution in [-0.2, 0) is 23.3 Å². The maximum atomic E-state index is 6.09. The van der Waals surface area contributed by atoms with Crippen molar-refractivity contribution in [1.82, 2.24) is 19.9 Å². The molecule has 0 bridgehead atoms. The van der Waals surface area contributed by atoms with Gasteiger partial charge in [0.15, 0.2) is 17.2 Å². The van der Waals surface area contributed by atoms with Crippen molar-refractivity contribution < 1.29 is 18.7 Å². The van der Waals surface area contributed by atoms with Gasteiger partial charge in [-0.25, -0.2) is 0 Å². The summed E-state index contributed by atoms with van der Waals surface area (Å²) in [5.74, 6) is 2.45. The molecule has 2 aromatic heterocycles. The summed E-state index contributed by atoms with van der Waals surface area (Å²) >= 11 is 0. The first-order chi connectivity index (χ1) is 15.9. The minimum Gasteiger partial charge on any atom is -0.454 e. The molecule has 0 fully saturated rings. The van der Waals surface area contributed by atoms with Crippen LogP contribution in [0.5, 0.6) is 11.5 Å². The fourth-order valence-corrected chi connectivity index (χ4v) is 4.11. The van der Waals surface area contributed by atoms with Gasteiger partial charge in [0, 0.05) is 5.56 Å². The third-order valence-corrected chi connectivity index (χ3v) is 6.06. The van der Waals surface area contributed by atoms with E-state index < -0.39 is 0 Å². The molecule has 0 saturated carbocycles. The maximum Gasteiger partial charge on any atom is 0.278 e. The van der Waals surface area contributed by atoms with Gasteiger partial charge in [-0.1, -0.05) is 56.3 Å². The minimum atomic E-state index is -0.126. The first kappa shape index (κ1) is 20.0. The van der Waals surface area contributed by atoms with Crippen molar-refractivity contribution >= 4 is 0 Å². The van der Waals surface area contributed by atoms with Crippen LogP contribution < -0.4 is 9.47 Å². The Morgan fingerprint density at radius 2 is 1.79 bits per heavy atom. The predicted molar refractivity (Wildman–Crippen MR) is 120 cm³/mol. The van der Waals surface area contributed by atoms with E-state index in [0.717, 1.165) is 28.3 Å². The molecule has 0 N–H and O–H groups in total. The summed E-state index contributed by atoms with van der Waals surface area (Å²) in [6, 6.07) is 16.1. The molecule has 8 heteroatoms. The van der Waals surface area contributed by atoms with Gasteiger partial charge in [-0.2, -0.15) is 10.1 Å². The average molecular weight is 444 g/mol. The molecule has 2 aliphatic heterocycles. The molecule has 8 nitrogen and oxygen atoms in total. The van der Waals surface area contributed by atoms with E-state index in [-0.39, 0.29) is 18.3 Å². The molecule has 0 saturated heterocycles. The van der Waals surface area contributed by atoms with E-state index in [1.54, 1.807) is 0 Å². The van der Waals surface area contributed by atoms with Crippen LogP contribution in [0.2, 0.25) is 0 Å². The Morgan fingerprint density at radius 1 is 0.970 bits per heavy atom. The number of hydrogen-bond donors (Lipinski definition) is 0. The van der Waals surface area contributed by atoms with Crippen LogP contribution in [-0.4, -0.2) is 26.7 Å². The van der Waals surface area contributed by atoms with Crippen LogP contribution in [0.15, 0.2) is 53.1 Å². The molecular formula is C25H24N4O4. The molecule has 0 aliphatic carbocycles. The molecule has 0 unspecified atom stereocenters. The molecular weight excluding hydrogens is 420 g/mol. The fourth-order valence-electron chi connectivity index (χ4n) is 4.11. The summed E-state index contributed by atoms with van der Waals surface area (Å²) in [4.78, 5) is 4.58. The monoisotopic (exact) mass is 444 g/mol. The van der Waals surface area contributed by atoms with E-state index in [2.05, 4.69) is 43.0 Å². The summed E-state index contributed by atoms with van der Waals surface area (Å²) < 4.78 is 24.5. The Kier molecular flexibility index (Phi) is 4.51. The molecule has 33 heavy (non-hydrogen) atoms. The van der Waals surface area contributed by atoms with Crippen LogP contribution in [0, 0.1) is 0 Å². The molecule has 0 spiro atoms. The zero-order chi connectivity index (χ0) is 22.6. The molecule has 1 atom stereocenters. The standard InChI is InChI=1S/C25H24N4O4/c1-25(2,3)17-7-4-15(5-8-17)23-26-24(33-28-23)19-11-18-13-30-22(12-29(18)27-19)16-6-9-20-21(10-16)32-14-31-20/h4-11,22H,12-14H2,1-3H3/t22-/m1/s1. The first-order valence-corrected chi connectivity index (χ1v) is 11.0. The number of hydrogen-bond acceptors (Lipinski definition) is 7. The van der Waals surface area contributed by atoms with Gasteiger partial charge in [0.05, 0.1) is 18.8 Å². The smallest absolute Gasteiger partial charge is 0.278 e. The van der Waals surface area contributed by atoms with Gasteiger partial charge in [0.1, 0.15) is 6.10 Å². The predicted octanol–water partition coefficient (Wildman–Crippen LogP) is 4.90. The van der Waals surface area contributed by atoms with Crippen molar-refractivity contribution in [2.24, 2.45) is 0 Å². The van der Waals surface area contributed by atoms with E-state index in [0.29, 0.717) is 30.6 Å². The van der Waals surface area contributed by atoms with Gasteiger partial charge in [-0.3, -0.25) is 4.68 Å². The SMILES string of the molecule is CC(C)(C)c1ccc(-c2noc(-c3cc4n(n3)C[C@H](c3ccc5c(c3)OCO5)OC4)n2)cc1. The van der Waals surface area contributed by atoms with Gasteiger partial charge in [0.2, 0.25) is 12.6 Å². The molecule has 2 aromatic carbocycles. The molecule has 168 valence electrons. The lowest BCUT2D eigenvalue weighted by atomic mass is 9.87. The normalized spacial score (nSPS) is 17.2. The Hall–Kier alpha value is -3.65. The quantitative estimate of drug-likeness (QED) is 0.444. The van der Waals surface area contributed by atoms with Crippen molar-refractivity contribution in [2.45, 2.75) is 45.4 Å². The first-order valence-electron chi connectivity index (χ1n) is 11.0. The van der Waals surface area contributed by atoms with Crippen molar-refractivity contribution in [3.63, 3.8) is 0 Å². The van der Waals surface area contributed by atoms with Crippen LogP contribution in [0.1, 0.15) is 43.7 Å². The second-order valence-corrected chi connectivity index (χ2v) is 9.37. The van der Waals surface area contributed by atoms with E-state index in [1.165, 1.54) is 5.56 Å². The highest BCUT2D eigenvalue weighted by molar-refractivity contribution is 5.58. The Bertz CT molecular complexity index is 1320. The van der Waals surface area contributed by atoms with Crippen LogP contribution in [0.3, 0.4) is 0 Å². The molecule has 0 amide bonds. The Balaban J connectivity index is 1.22. The lowest BCUT2D eigenvalue weighted by molar-refractivity contribution is -0.00122. The lowest BCUT2D eigenvalue weighted by Crippen LogP contribution is -2.21. The van der Waals surface area contributed by atoms with Gasteiger partial charge in [-0.15, -0.1) is 0 Å². The Labute approximate surface area is 191 Å². The molecule has 4 heterocycles. The highest BCUT2D eigenvalue weighted by Crippen LogP contribution is 2.37. The average Bonchev–Trinajstić information content (AvgIpc) is 3.56. The van der Waals surface area contributed by atoms with Crippen molar-refractivity contribution in [1.29, 1.82) is 0 Å². The number of aromatic nitrogens is 4. The lowest BCUT2D eigenvalue weighted by Gasteiger charge is -2.24. The topological polar surface area (TPSA) is 84.4 Å². The summed E-state index contributed by atoms with van der Waals surface area (Å²) in [6.07, 6.45) is -0.126. The summed E-state index contributed by atoms with van der Waals surface area (Å²) in [7, 11) is 0. The zero-order valence-corrected chi connectivity index (χ0v) is 18.7. The highest BCUT2D eigenvalue weighted by atomic mass is 16.7. The highest BCUT2D eigenvalue weighted by Gasteiger charge is 2.26. The minimum absolute atomic E-state index is 0.0942. The van der Waals surface area contributed by atoms with Gasteiger partial charge in [0.25, 0.3) is 5.89 Å². The Morgan fingerprint density at radius 3 is 2.61 bits per heavy atom. The van der Waals surface area contributed by atoms with Gasteiger partial charge in [-0.05, 0) is 34.7 Å². The molecule has 6 rings (SSSR count). The number of ether oxygens (including phenoxy) is 3. The largest absolute Gasteiger partial charge is 0.454 e. The number of fused-ring (bicyclic) bond motifs is 2. The second kappa shape index (κ2) is 7.45. The van der Waals surface area contributed by atoms with E-state index in [9.17, 15) is 0 Å². The van der Waals surface area contributed by atoms with E-state index in [1.807, 2.05) is 41.1 Å². The van der Waals surface area contributed by atoms with E-state index in [4.69, 9.17) is 23.8 Å². The summed E-state index contributed by atoms with van der Waals surface area (Å²) in [6.45, 7) is 7.86. The fraction of sp³-hybridized carbons (Fsp3) is 0.320. The van der Waals surface area contributed by atoms with Crippen LogP contribution >= 0.6 is 0 Å². The van der Waals surface area contributed by atoms with Crippen LogP contribution in [0.25, 0.3) is 23.0 Å². The third-order valence-electron chi connectivity index (χ3n) is 6.06. The van der Waals surface area contributed by atoms with Gasteiger partial charge < -0.3 is 18.7 Å². The van der Waals surface area contributed by atoms with Crippen molar-refractivity contribution in [3.05, 3.63) is 65.4 Å². The second-order valence-electron chi connectivity index (χ2n) is 9.37. The van der Waals surface area contributed by atoms with Gasteiger partial charge >= 0.3 is 0 Å². The molecule has 2 aliphatic rings. The van der Waals surface area contributed by atoms with Crippen molar-refractivity contribution in [2.75, 3.05) is 6.79 Å². The van der Waals surface area contributed by atoms with Crippen molar-refractivity contribution in [3.8, 4) is 34.5 Å². The molecule has 0 radical (unpaired) electrons. The number of rotatable bonds is 3. The van der Waals surface area contributed by atoms with E-state index >= 15 is 0 Å². The number of nitrogens with zero attached hydrogens (tertiary/aromatic N) is 4. The van der Waals surface area contributed by atoms with Crippen LogP contribution in [0.4, 0.5) is 0 Å². The number of benzene rings is 2. The zero-order valence-electron chi connectivity index (χ0n) is 18.7.